The highest BCUT2D eigenvalue weighted by Gasteiger charge is 2.30. The number of hydrogen-bond donors (Lipinski definition) is 1. The summed E-state index contributed by atoms with van der Waals surface area (Å²) in [6.07, 6.45) is 1.96. The number of carbonyl (C=O) groups excluding carboxylic acids is 1. The van der Waals surface area contributed by atoms with Crippen LogP contribution in [0.25, 0.3) is 0 Å². The molecule has 5 nitrogen and oxygen atoms in total. The zero-order valence-electron chi connectivity index (χ0n) is 10.9. The molecule has 98 valence electrons. The van der Waals surface area contributed by atoms with Gasteiger partial charge in [-0.15, -0.1) is 0 Å². The van der Waals surface area contributed by atoms with Crippen molar-refractivity contribution in [3.8, 4) is 0 Å². The molecule has 0 spiro atoms. The first kappa shape index (κ1) is 12.8. The standard InChI is InChI=1S/C13H18N2O3/c1-13(2,3)18-12(17)15-7-5-9-10(8-16)14-6-4-11(9)15/h4,6,16H,5,7-8H2,1-3H3. The summed E-state index contributed by atoms with van der Waals surface area (Å²) in [5.41, 5.74) is 1.86. The second-order valence-corrected chi connectivity index (χ2v) is 5.30. The molecule has 0 radical (unpaired) electrons. The lowest BCUT2D eigenvalue weighted by Crippen LogP contribution is -2.35. The molecule has 0 aromatic carbocycles. The van der Waals surface area contributed by atoms with E-state index in [1.165, 1.54) is 0 Å². The number of ether oxygens (including phenoxy) is 1. The van der Waals surface area contributed by atoms with E-state index in [-0.39, 0.29) is 12.7 Å². The van der Waals surface area contributed by atoms with Crippen LogP contribution in [0, 0.1) is 0 Å². The van der Waals surface area contributed by atoms with Crippen molar-refractivity contribution in [1.82, 2.24) is 4.98 Å². The van der Waals surface area contributed by atoms with Crippen molar-refractivity contribution >= 4 is 11.8 Å². The molecule has 1 aromatic rings. The minimum Gasteiger partial charge on any atom is -0.443 e. The van der Waals surface area contributed by atoms with E-state index in [0.29, 0.717) is 18.7 Å². The van der Waals surface area contributed by atoms with E-state index in [2.05, 4.69) is 4.98 Å². The van der Waals surface area contributed by atoms with Gasteiger partial charge in [0.15, 0.2) is 0 Å². The van der Waals surface area contributed by atoms with Gasteiger partial charge < -0.3 is 9.84 Å². The summed E-state index contributed by atoms with van der Waals surface area (Å²) in [6.45, 7) is 5.99. The molecule has 5 heteroatoms. The number of nitrogens with zero attached hydrogens (tertiary/aromatic N) is 2. The van der Waals surface area contributed by atoms with Crippen molar-refractivity contribution in [3.05, 3.63) is 23.5 Å². The molecule has 1 N–H and O–H groups in total. The van der Waals surface area contributed by atoms with Gasteiger partial charge >= 0.3 is 6.09 Å². The lowest BCUT2D eigenvalue weighted by molar-refractivity contribution is 0.0584. The molecule has 18 heavy (non-hydrogen) atoms. The van der Waals surface area contributed by atoms with Gasteiger partial charge in [0.1, 0.15) is 5.60 Å². The van der Waals surface area contributed by atoms with E-state index in [4.69, 9.17) is 4.74 Å². The maximum atomic E-state index is 12.0. The fraction of sp³-hybridized carbons (Fsp3) is 0.538. The summed E-state index contributed by atoms with van der Waals surface area (Å²) >= 11 is 0. The Bertz CT molecular complexity index is 466. The molecule has 0 unspecified atom stereocenters. The lowest BCUT2D eigenvalue weighted by Gasteiger charge is -2.24. The van der Waals surface area contributed by atoms with Crippen molar-refractivity contribution in [2.24, 2.45) is 0 Å². The zero-order chi connectivity index (χ0) is 13.3. The average molecular weight is 250 g/mol. The Morgan fingerprint density at radius 3 is 2.89 bits per heavy atom. The molecule has 0 bridgehead atoms. The topological polar surface area (TPSA) is 62.7 Å². The zero-order valence-corrected chi connectivity index (χ0v) is 10.9. The second-order valence-electron chi connectivity index (χ2n) is 5.30. The Labute approximate surface area is 106 Å². The summed E-state index contributed by atoms with van der Waals surface area (Å²) in [7, 11) is 0. The predicted octanol–water partition coefficient (Wildman–Crippen LogP) is 1.87. The van der Waals surface area contributed by atoms with Gasteiger partial charge in [-0.2, -0.15) is 0 Å². The van der Waals surface area contributed by atoms with E-state index < -0.39 is 5.60 Å². The van der Waals surface area contributed by atoms with Crippen LogP contribution >= 0.6 is 0 Å². The number of aromatic nitrogens is 1. The first-order valence-electron chi connectivity index (χ1n) is 6.00. The molecule has 2 rings (SSSR count). The smallest absolute Gasteiger partial charge is 0.414 e. The number of anilines is 1. The van der Waals surface area contributed by atoms with E-state index >= 15 is 0 Å². The number of pyridine rings is 1. The van der Waals surface area contributed by atoms with Crippen LogP contribution in [0.5, 0.6) is 0 Å². The highest BCUT2D eigenvalue weighted by Crippen LogP contribution is 2.30. The van der Waals surface area contributed by atoms with Crippen molar-refractivity contribution in [3.63, 3.8) is 0 Å². The average Bonchev–Trinajstić information content (AvgIpc) is 2.69. The van der Waals surface area contributed by atoms with Crippen molar-refractivity contribution in [2.45, 2.75) is 39.4 Å². The molecule has 1 amide bonds. The summed E-state index contributed by atoms with van der Waals surface area (Å²) in [6, 6.07) is 1.78. The van der Waals surface area contributed by atoms with E-state index in [1.54, 1.807) is 17.2 Å². The molecule has 0 atom stereocenters. The summed E-state index contributed by atoms with van der Waals surface area (Å²) in [5, 5.41) is 9.22. The summed E-state index contributed by atoms with van der Waals surface area (Å²) in [5.74, 6) is 0. The van der Waals surface area contributed by atoms with Crippen LogP contribution in [-0.2, 0) is 17.8 Å². The third-order valence-electron chi connectivity index (χ3n) is 2.76. The molecule has 2 heterocycles. The van der Waals surface area contributed by atoms with Crippen molar-refractivity contribution in [1.29, 1.82) is 0 Å². The highest BCUT2D eigenvalue weighted by atomic mass is 16.6. The fourth-order valence-corrected chi connectivity index (χ4v) is 2.04. The van der Waals surface area contributed by atoms with Crippen LogP contribution in [-0.4, -0.2) is 28.3 Å². The molecule has 0 saturated carbocycles. The SMILES string of the molecule is CC(C)(C)OC(=O)N1CCc2c1ccnc2CO. The molecule has 0 saturated heterocycles. The Morgan fingerprint density at radius 1 is 1.56 bits per heavy atom. The van der Waals surface area contributed by atoms with Crippen molar-refractivity contribution in [2.75, 3.05) is 11.4 Å². The Kier molecular flexibility index (Phi) is 3.26. The highest BCUT2D eigenvalue weighted by molar-refractivity contribution is 5.90. The Morgan fingerprint density at radius 2 is 2.28 bits per heavy atom. The minimum absolute atomic E-state index is 0.106. The van der Waals surface area contributed by atoms with E-state index in [9.17, 15) is 9.90 Å². The number of amides is 1. The number of aliphatic hydroxyl groups is 1. The second kappa shape index (κ2) is 4.57. The maximum absolute atomic E-state index is 12.0. The van der Waals surface area contributed by atoms with Crippen LogP contribution in [0.3, 0.4) is 0 Å². The van der Waals surface area contributed by atoms with Crippen LogP contribution in [0.4, 0.5) is 10.5 Å². The third kappa shape index (κ3) is 2.46. The predicted molar refractivity (Wildman–Crippen MR) is 67.4 cm³/mol. The van der Waals surface area contributed by atoms with Crippen LogP contribution in [0.1, 0.15) is 32.0 Å². The molecule has 1 aliphatic heterocycles. The van der Waals surface area contributed by atoms with Gasteiger partial charge in [-0.05, 0) is 33.3 Å². The minimum atomic E-state index is -0.507. The first-order chi connectivity index (χ1) is 8.42. The third-order valence-corrected chi connectivity index (χ3v) is 2.76. The van der Waals surface area contributed by atoms with E-state index in [0.717, 1.165) is 11.3 Å². The molecular formula is C13H18N2O3. The molecule has 0 aliphatic carbocycles. The number of aliphatic hydroxyl groups excluding tert-OH is 1. The number of fused-ring (bicyclic) bond motifs is 1. The molecule has 1 aliphatic rings. The van der Waals surface area contributed by atoms with Gasteiger partial charge in [-0.25, -0.2) is 4.79 Å². The first-order valence-corrected chi connectivity index (χ1v) is 6.00. The fourth-order valence-electron chi connectivity index (χ4n) is 2.04. The number of hydrogen-bond acceptors (Lipinski definition) is 4. The Hall–Kier alpha value is -1.62. The molecular weight excluding hydrogens is 232 g/mol. The normalized spacial score (nSPS) is 14.6. The monoisotopic (exact) mass is 250 g/mol. The largest absolute Gasteiger partial charge is 0.443 e. The summed E-state index contributed by atoms with van der Waals surface area (Å²) in [4.78, 5) is 17.8. The molecule has 0 fully saturated rings. The number of rotatable bonds is 1. The van der Waals surface area contributed by atoms with Crippen LogP contribution in [0.2, 0.25) is 0 Å². The molecule has 1 aromatic heterocycles. The number of carbonyl (C=O) groups is 1. The van der Waals surface area contributed by atoms with Gasteiger partial charge in [0.25, 0.3) is 0 Å². The van der Waals surface area contributed by atoms with Crippen LogP contribution < -0.4 is 4.90 Å². The summed E-state index contributed by atoms with van der Waals surface area (Å²) < 4.78 is 5.36. The van der Waals surface area contributed by atoms with Gasteiger partial charge in [-0.3, -0.25) is 9.88 Å². The van der Waals surface area contributed by atoms with Crippen molar-refractivity contribution < 1.29 is 14.6 Å². The van der Waals surface area contributed by atoms with Gasteiger partial charge in [-0.1, -0.05) is 0 Å². The quantitative estimate of drug-likeness (QED) is 0.826. The maximum Gasteiger partial charge on any atom is 0.414 e. The lowest BCUT2D eigenvalue weighted by atomic mass is 10.1. The van der Waals surface area contributed by atoms with Gasteiger partial charge in [0, 0.05) is 18.3 Å². The van der Waals surface area contributed by atoms with Crippen LogP contribution in [0.15, 0.2) is 12.3 Å². The Balaban J connectivity index is 2.24. The van der Waals surface area contributed by atoms with Gasteiger partial charge in [0.2, 0.25) is 0 Å². The van der Waals surface area contributed by atoms with E-state index in [1.807, 2.05) is 20.8 Å². The van der Waals surface area contributed by atoms with Gasteiger partial charge in [0.05, 0.1) is 18.0 Å².